The van der Waals surface area contributed by atoms with Crippen molar-refractivity contribution in [3.63, 3.8) is 0 Å². The normalized spacial score (nSPS) is 14.0. The van der Waals surface area contributed by atoms with Crippen LogP contribution in [0.3, 0.4) is 0 Å². The van der Waals surface area contributed by atoms with E-state index in [1.165, 1.54) is 16.8 Å². The first-order chi connectivity index (χ1) is 11.2. The third-order valence-electron chi connectivity index (χ3n) is 4.45. The van der Waals surface area contributed by atoms with E-state index in [1.807, 2.05) is 24.3 Å². The van der Waals surface area contributed by atoms with Gasteiger partial charge in [-0.05, 0) is 43.5 Å². The lowest BCUT2D eigenvalue weighted by atomic mass is 9.99. The molecule has 0 saturated heterocycles. The Morgan fingerprint density at radius 1 is 1.22 bits per heavy atom. The van der Waals surface area contributed by atoms with E-state index in [0.29, 0.717) is 11.9 Å². The summed E-state index contributed by atoms with van der Waals surface area (Å²) in [6.07, 6.45) is 2.25. The van der Waals surface area contributed by atoms with Gasteiger partial charge in [0.2, 0.25) is 0 Å². The van der Waals surface area contributed by atoms with E-state index in [-0.39, 0.29) is 5.56 Å². The van der Waals surface area contributed by atoms with Crippen molar-refractivity contribution in [2.45, 2.75) is 26.3 Å². The average Bonchev–Trinajstić information content (AvgIpc) is 2.55. The van der Waals surface area contributed by atoms with Crippen LogP contribution in [0.1, 0.15) is 23.4 Å². The smallest absolute Gasteiger partial charge is 0.258 e. The molecule has 1 aliphatic heterocycles. The molecule has 0 fully saturated rings. The number of benzene rings is 2. The zero-order valence-corrected chi connectivity index (χ0v) is 13.2. The highest BCUT2D eigenvalue weighted by Gasteiger charge is 2.18. The molecule has 4 heteroatoms. The lowest BCUT2D eigenvalue weighted by Gasteiger charge is -2.31. The summed E-state index contributed by atoms with van der Waals surface area (Å²) in [5.74, 6) is 0.724. The van der Waals surface area contributed by atoms with Gasteiger partial charge in [-0.2, -0.15) is 0 Å². The van der Waals surface area contributed by atoms with E-state index in [2.05, 4.69) is 40.0 Å². The highest BCUT2D eigenvalue weighted by atomic mass is 16.1. The van der Waals surface area contributed by atoms with Crippen LogP contribution in [0.2, 0.25) is 0 Å². The number of para-hydroxylation sites is 1. The van der Waals surface area contributed by atoms with Crippen LogP contribution < -0.4 is 10.5 Å². The molecule has 0 amide bonds. The summed E-state index contributed by atoms with van der Waals surface area (Å²) in [4.78, 5) is 22.1. The van der Waals surface area contributed by atoms with Crippen molar-refractivity contribution in [3.05, 3.63) is 69.8 Å². The van der Waals surface area contributed by atoms with E-state index in [4.69, 9.17) is 0 Å². The Balaban J connectivity index is 1.71. The van der Waals surface area contributed by atoms with Gasteiger partial charge in [-0.15, -0.1) is 0 Å². The van der Waals surface area contributed by atoms with Crippen LogP contribution in [-0.2, 0) is 13.0 Å². The Hall–Kier alpha value is -2.62. The molecule has 0 aliphatic carbocycles. The monoisotopic (exact) mass is 305 g/mol. The van der Waals surface area contributed by atoms with Gasteiger partial charge in [-0.3, -0.25) is 4.79 Å². The number of aromatic nitrogens is 2. The zero-order chi connectivity index (χ0) is 15.8. The second kappa shape index (κ2) is 5.54. The van der Waals surface area contributed by atoms with Gasteiger partial charge in [0.15, 0.2) is 0 Å². The highest BCUT2D eigenvalue weighted by molar-refractivity contribution is 5.77. The minimum absolute atomic E-state index is 0.0632. The van der Waals surface area contributed by atoms with E-state index < -0.39 is 0 Å². The molecule has 0 bridgehead atoms. The van der Waals surface area contributed by atoms with Crippen LogP contribution >= 0.6 is 0 Å². The Morgan fingerprint density at radius 3 is 3.00 bits per heavy atom. The Kier molecular flexibility index (Phi) is 3.37. The second-order valence-electron chi connectivity index (χ2n) is 6.19. The van der Waals surface area contributed by atoms with Gasteiger partial charge < -0.3 is 9.88 Å². The van der Waals surface area contributed by atoms with E-state index >= 15 is 0 Å². The molecule has 3 aromatic rings. The Morgan fingerprint density at radius 2 is 2.09 bits per heavy atom. The van der Waals surface area contributed by atoms with Gasteiger partial charge in [0, 0.05) is 12.2 Å². The molecule has 0 atom stereocenters. The van der Waals surface area contributed by atoms with Crippen LogP contribution in [0.4, 0.5) is 5.69 Å². The van der Waals surface area contributed by atoms with Crippen molar-refractivity contribution in [2.75, 3.05) is 11.4 Å². The molecular weight excluding hydrogens is 286 g/mol. The van der Waals surface area contributed by atoms with Crippen molar-refractivity contribution in [2.24, 2.45) is 0 Å². The van der Waals surface area contributed by atoms with Gasteiger partial charge in [-0.1, -0.05) is 29.8 Å². The van der Waals surface area contributed by atoms with Crippen molar-refractivity contribution >= 4 is 16.6 Å². The largest absolute Gasteiger partial charge is 0.364 e. The molecule has 116 valence electrons. The molecule has 2 aromatic carbocycles. The summed E-state index contributed by atoms with van der Waals surface area (Å²) >= 11 is 0. The van der Waals surface area contributed by atoms with Gasteiger partial charge in [-0.25, -0.2) is 4.98 Å². The van der Waals surface area contributed by atoms with Crippen LogP contribution in [-0.4, -0.2) is 16.5 Å². The fourth-order valence-corrected chi connectivity index (χ4v) is 3.36. The fraction of sp³-hybridized carbons (Fsp3) is 0.263. The lowest BCUT2D eigenvalue weighted by Crippen LogP contribution is -2.30. The molecule has 1 aliphatic rings. The van der Waals surface area contributed by atoms with E-state index in [0.717, 1.165) is 30.7 Å². The standard InChI is InChI=1S/C19H19N3O/c1-13-8-9-17-14(11-13)5-4-10-22(17)12-18-20-16-7-3-2-6-15(16)19(23)21-18/h2-3,6-9,11H,4-5,10,12H2,1H3,(H,20,21,23). The van der Waals surface area contributed by atoms with E-state index in [1.54, 1.807) is 0 Å². The van der Waals surface area contributed by atoms with Crippen molar-refractivity contribution < 1.29 is 0 Å². The summed E-state index contributed by atoms with van der Waals surface area (Å²) in [6.45, 7) is 3.75. The van der Waals surface area contributed by atoms with Crippen molar-refractivity contribution in [1.29, 1.82) is 0 Å². The van der Waals surface area contributed by atoms with Gasteiger partial charge in [0.05, 0.1) is 17.4 Å². The number of H-pyrrole nitrogens is 1. The molecule has 2 heterocycles. The number of hydrogen-bond acceptors (Lipinski definition) is 3. The molecule has 0 spiro atoms. The maximum Gasteiger partial charge on any atom is 0.258 e. The first-order valence-corrected chi connectivity index (χ1v) is 8.03. The number of fused-ring (bicyclic) bond motifs is 2. The minimum Gasteiger partial charge on any atom is -0.364 e. The summed E-state index contributed by atoms with van der Waals surface area (Å²) in [7, 11) is 0. The summed E-state index contributed by atoms with van der Waals surface area (Å²) < 4.78 is 0. The van der Waals surface area contributed by atoms with Gasteiger partial charge in [0.1, 0.15) is 5.82 Å². The summed E-state index contributed by atoms with van der Waals surface area (Å²) in [5.41, 5.74) is 4.64. The number of rotatable bonds is 2. The van der Waals surface area contributed by atoms with Gasteiger partial charge in [0.25, 0.3) is 5.56 Å². The zero-order valence-electron chi connectivity index (χ0n) is 13.2. The van der Waals surface area contributed by atoms with E-state index in [9.17, 15) is 4.79 Å². The fourth-order valence-electron chi connectivity index (χ4n) is 3.36. The molecule has 4 nitrogen and oxygen atoms in total. The van der Waals surface area contributed by atoms with Gasteiger partial charge >= 0.3 is 0 Å². The number of aryl methyl sites for hydroxylation is 2. The first kappa shape index (κ1) is 14.0. The molecular formula is C19H19N3O. The number of aromatic amines is 1. The number of nitrogens with one attached hydrogen (secondary N) is 1. The van der Waals surface area contributed by atoms with Crippen LogP contribution in [0.25, 0.3) is 10.9 Å². The third kappa shape index (κ3) is 2.61. The van der Waals surface area contributed by atoms with Crippen LogP contribution in [0.15, 0.2) is 47.3 Å². The molecule has 0 saturated carbocycles. The predicted molar refractivity (Wildman–Crippen MR) is 92.9 cm³/mol. The summed E-state index contributed by atoms with van der Waals surface area (Å²) in [6, 6.07) is 14.1. The maximum absolute atomic E-state index is 12.2. The molecule has 0 unspecified atom stereocenters. The first-order valence-electron chi connectivity index (χ1n) is 8.03. The van der Waals surface area contributed by atoms with Crippen molar-refractivity contribution in [1.82, 2.24) is 9.97 Å². The van der Waals surface area contributed by atoms with Crippen LogP contribution in [0, 0.1) is 6.92 Å². The second-order valence-corrected chi connectivity index (χ2v) is 6.19. The molecule has 1 aromatic heterocycles. The Bertz CT molecular complexity index is 929. The average molecular weight is 305 g/mol. The molecule has 0 radical (unpaired) electrons. The molecule has 23 heavy (non-hydrogen) atoms. The molecule has 4 rings (SSSR count). The third-order valence-corrected chi connectivity index (χ3v) is 4.45. The highest BCUT2D eigenvalue weighted by Crippen LogP contribution is 2.28. The quantitative estimate of drug-likeness (QED) is 0.791. The predicted octanol–water partition coefficient (Wildman–Crippen LogP) is 3.18. The summed E-state index contributed by atoms with van der Waals surface area (Å²) in [5, 5.41) is 0.644. The number of anilines is 1. The van der Waals surface area contributed by atoms with Crippen molar-refractivity contribution in [3.8, 4) is 0 Å². The lowest BCUT2D eigenvalue weighted by molar-refractivity contribution is 0.674. The number of hydrogen-bond donors (Lipinski definition) is 1. The molecule has 1 N–H and O–H groups in total. The topological polar surface area (TPSA) is 49.0 Å². The Labute approximate surface area is 134 Å². The maximum atomic E-state index is 12.2. The van der Waals surface area contributed by atoms with Crippen LogP contribution in [0.5, 0.6) is 0 Å². The minimum atomic E-state index is -0.0632. The SMILES string of the molecule is Cc1ccc2c(c1)CCCN2Cc1nc2ccccc2c(=O)[nH]1. The number of nitrogens with zero attached hydrogens (tertiary/aromatic N) is 2.